The van der Waals surface area contributed by atoms with Crippen molar-refractivity contribution in [3.63, 3.8) is 0 Å². The average Bonchev–Trinajstić information content (AvgIpc) is 2.49. The van der Waals surface area contributed by atoms with Crippen LogP contribution in [-0.4, -0.2) is 23.4 Å². The van der Waals surface area contributed by atoms with Crippen LogP contribution in [0.25, 0.3) is 0 Å². The Labute approximate surface area is 132 Å². The number of hydrogen-bond donors (Lipinski definition) is 0. The first-order chi connectivity index (χ1) is 10.2. The van der Waals surface area contributed by atoms with E-state index in [2.05, 4.69) is 9.89 Å². The third-order valence-corrected chi connectivity index (χ3v) is 4.39. The number of thioether (sulfide) groups is 1. The fourth-order valence-electron chi connectivity index (χ4n) is 1.98. The molecule has 1 saturated heterocycles. The van der Waals surface area contributed by atoms with Crippen molar-refractivity contribution < 1.29 is 4.79 Å². The zero-order chi connectivity index (χ0) is 14.7. The van der Waals surface area contributed by atoms with Gasteiger partial charge in [0, 0.05) is 16.3 Å². The second-order valence-corrected chi connectivity index (χ2v) is 5.91. The molecule has 21 heavy (non-hydrogen) atoms. The summed E-state index contributed by atoms with van der Waals surface area (Å²) in [5.41, 5.74) is 1.74. The fraction of sp³-hybridized carbons (Fsp3) is 0.125. The number of ketones is 1. The lowest BCUT2D eigenvalue weighted by molar-refractivity contribution is 0.100. The summed E-state index contributed by atoms with van der Waals surface area (Å²) in [5, 5.41) is 1.59. The molecule has 0 N–H and O–H groups in total. The van der Waals surface area contributed by atoms with Gasteiger partial charge in [-0.15, -0.1) is 0 Å². The van der Waals surface area contributed by atoms with Crippen LogP contribution in [0.5, 0.6) is 0 Å². The minimum atomic E-state index is 0.0339. The van der Waals surface area contributed by atoms with Crippen molar-refractivity contribution in [2.45, 2.75) is 0 Å². The third kappa shape index (κ3) is 3.28. The minimum absolute atomic E-state index is 0.0339. The maximum atomic E-state index is 12.0. The van der Waals surface area contributed by atoms with Crippen LogP contribution in [0, 0.1) is 0 Å². The van der Waals surface area contributed by atoms with Gasteiger partial charge in [0.25, 0.3) is 0 Å². The number of aliphatic imine (C=N–C) groups is 1. The topological polar surface area (TPSA) is 32.7 Å². The van der Waals surface area contributed by atoms with E-state index in [4.69, 9.17) is 11.6 Å². The van der Waals surface area contributed by atoms with Gasteiger partial charge in [-0.1, -0.05) is 53.7 Å². The van der Waals surface area contributed by atoms with Gasteiger partial charge in [-0.2, -0.15) is 0 Å². The normalized spacial score (nSPS) is 15.9. The SMILES string of the molecule is O=C(CN=C1SCN1c1ccc(Cl)cc1)c1ccccc1. The van der Waals surface area contributed by atoms with Crippen molar-refractivity contribution >= 4 is 40.0 Å². The van der Waals surface area contributed by atoms with E-state index >= 15 is 0 Å². The first kappa shape index (κ1) is 14.2. The zero-order valence-electron chi connectivity index (χ0n) is 11.2. The molecule has 1 aliphatic heterocycles. The molecule has 0 radical (unpaired) electrons. The summed E-state index contributed by atoms with van der Waals surface area (Å²) < 4.78 is 0. The van der Waals surface area contributed by atoms with Crippen LogP contribution in [0.15, 0.2) is 59.6 Å². The highest BCUT2D eigenvalue weighted by atomic mass is 35.5. The molecule has 0 spiro atoms. The Morgan fingerprint density at radius 1 is 1.14 bits per heavy atom. The maximum Gasteiger partial charge on any atom is 0.184 e. The Kier molecular flexibility index (Phi) is 4.27. The molecule has 1 fully saturated rings. The fourth-order valence-corrected chi connectivity index (χ4v) is 2.89. The molecular weight excluding hydrogens is 304 g/mol. The van der Waals surface area contributed by atoms with Crippen molar-refractivity contribution in [1.29, 1.82) is 0 Å². The largest absolute Gasteiger partial charge is 0.311 e. The number of Topliss-reactive ketones (excluding diaryl/α,β-unsaturated/α-hetero) is 1. The number of anilines is 1. The second-order valence-electron chi connectivity index (χ2n) is 4.57. The molecule has 0 aromatic heterocycles. The van der Waals surface area contributed by atoms with Crippen LogP contribution in [0.4, 0.5) is 5.69 Å². The van der Waals surface area contributed by atoms with Gasteiger partial charge in [-0.25, -0.2) is 0 Å². The van der Waals surface area contributed by atoms with E-state index in [1.54, 1.807) is 11.8 Å². The van der Waals surface area contributed by atoms with Crippen LogP contribution in [0.3, 0.4) is 0 Å². The van der Waals surface area contributed by atoms with Crippen molar-refractivity contribution in [2.75, 3.05) is 17.3 Å². The van der Waals surface area contributed by atoms with Gasteiger partial charge >= 0.3 is 0 Å². The predicted molar refractivity (Wildman–Crippen MR) is 89.5 cm³/mol. The number of benzene rings is 2. The van der Waals surface area contributed by atoms with E-state index in [0.717, 1.165) is 16.7 Å². The van der Waals surface area contributed by atoms with Gasteiger partial charge in [0.15, 0.2) is 11.0 Å². The molecular formula is C16H13ClN2OS. The number of nitrogens with zero attached hydrogens (tertiary/aromatic N) is 2. The molecule has 2 aromatic carbocycles. The summed E-state index contributed by atoms with van der Waals surface area (Å²) in [6.45, 7) is 0.177. The van der Waals surface area contributed by atoms with E-state index < -0.39 is 0 Å². The summed E-state index contributed by atoms with van der Waals surface area (Å²) >= 11 is 7.53. The summed E-state index contributed by atoms with van der Waals surface area (Å²) in [6.07, 6.45) is 0. The quantitative estimate of drug-likeness (QED) is 0.796. The molecule has 2 aromatic rings. The summed E-state index contributed by atoms with van der Waals surface area (Å²) in [5.74, 6) is 0.881. The number of carbonyl (C=O) groups is 1. The van der Waals surface area contributed by atoms with Gasteiger partial charge in [0.05, 0.1) is 5.88 Å². The number of amidine groups is 1. The second kappa shape index (κ2) is 6.33. The lowest BCUT2D eigenvalue weighted by Gasteiger charge is -2.33. The lowest BCUT2D eigenvalue weighted by Crippen LogP contribution is -2.38. The highest BCUT2D eigenvalue weighted by Gasteiger charge is 2.24. The summed E-state index contributed by atoms with van der Waals surface area (Å²) in [7, 11) is 0. The first-order valence-corrected chi connectivity index (χ1v) is 7.89. The molecule has 106 valence electrons. The van der Waals surface area contributed by atoms with Crippen LogP contribution < -0.4 is 4.90 Å². The van der Waals surface area contributed by atoms with E-state index in [-0.39, 0.29) is 12.3 Å². The molecule has 5 heteroatoms. The smallest absolute Gasteiger partial charge is 0.184 e. The first-order valence-electron chi connectivity index (χ1n) is 6.52. The molecule has 3 nitrogen and oxygen atoms in total. The Balaban J connectivity index is 1.67. The molecule has 0 unspecified atom stereocenters. The van der Waals surface area contributed by atoms with Crippen molar-refractivity contribution in [3.8, 4) is 0 Å². The van der Waals surface area contributed by atoms with Gasteiger partial charge in [0.2, 0.25) is 0 Å². The van der Waals surface area contributed by atoms with Crippen LogP contribution in [-0.2, 0) is 0 Å². The number of hydrogen-bond acceptors (Lipinski definition) is 3. The predicted octanol–water partition coefficient (Wildman–Crippen LogP) is 4.09. The van der Waals surface area contributed by atoms with Crippen LogP contribution in [0.1, 0.15) is 10.4 Å². The highest BCUT2D eigenvalue weighted by Crippen LogP contribution is 2.30. The van der Waals surface area contributed by atoms with Crippen molar-refractivity contribution in [1.82, 2.24) is 0 Å². The molecule has 0 atom stereocenters. The Hall–Kier alpha value is -1.78. The van der Waals surface area contributed by atoms with Crippen LogP contribution >= 0.6 is 23.4 Å². The Morgan fingerprint density at radius 2 is 1.86 bits per heavy atom. The maximum absolute atomic E-state index is 12.0. The van der Waals surface area contributed by atoms with E-state index in [9.17, 15) is 4.79 Å². The molecule has 1 heterocycles. The number of carbonyl (C=O) groups excluding carboxylic acids is 1. The highest BCUT2D eigenvalue weighted by molar-refractivity contribution is 8.16. The van der Waals surface area contributed by atoms with Gasteiger partial charge in [-0.05, 0) is 24.3 Å². The lowest BCUT2D eigenvalue weighted by atomic mass is 10.1. The summed E-state index contributed by atoms with van der Waals surface area (Å²) in [4.78, 5) is 18.5. The van der Waals surface area contributed by atoms with Crippen molar-refractivity contribution in [2.24, 2.45) is 4.99 Å². The number of halogens is 1. The van der Waals surface area contributed by atoms with E-state index in [0.29, 0.717) is 10.6 Å². The molecule has 1 aliphatic rings. The Bertz CT molecular complexity index is 670. The minimum Gasteiger partial charge on any atom is -0.311 e. The standard InChI is InChI=1S/C16H13ClN2OS/c17-13-6-8-14(9-7-13)19-11-21-16(19)18-10-15(20)12-4-2-1-3-5-12/h1-9H,10-11H2. The van der Waals surface area contributed by atoms with Gasteiger partial charge in [0.1, 0.15) is 6.54 Å². The molecule has 0 saturated carbocycles. The monoisotopic (exact) mass is 316 g/mol. The molecule has 0 bridgehead atoms. The molecule has 0 amide bonds. The third-order valence-electron chi connectivity index (χ3n) is 3.15. The Morgan fingerprint density at radius 3 is 2.48 bits per heavy atom. The van der Waals surface area contributed by atoms with E-state index in [1.165, 1.54) is 0 Å². The molecule has 3 rings (SSSR count). The zero-order valence-corrected chi connectivity index (χ0v) is 12.8. The average molecular weight is 317 g/mol. The summed E-state index contributed by atoms with van der Waals surface area (Å²) in [6, 6.07) is 16.9. The van der Waals surface area contributed by atoms with Crippen LogP contribution in [0.2, 0.25) is 5.02 Å². The van der Waals surface area contributed by atoms with Crippen molar-refractivity contribution in [3.05, 3.63) is 65.2 Å². The van der Waals surface area contributed by atoms with Gasteiger partial charge in [-0.3, -0.25) is 9.79 Å². The van der Waals surface area contributed by atoms with Gasteiger partial charge < -0.3 is 4.90 Å². The van der Waals surface area contributed by atoms with E-state index in [1.807, 2.05) is 54.6 Å². The molecule has 0 aliphatic carbocycles. The number of rotatable bonds is 4.